The Morgan fingerprint density at radius 3 is 2.32 bits per heavy atom. The van der Waals surface area contributed by atoms with Crippen LogP contribution < -0.4 is 5.73 Å². The Kier molecular flexibility index (Phi) is 5.86. The lowest BCUT2D eigenvalue weighted by atomic mass is 10.0. The lowest BCUT2D eigenvalue weighted by Crippen LogP contribution is -2.33. The minimum Gasteiger partial charge on any atom is -0.461 e. The zero-order valence-corrected chi connectivity index (χ0v) is 13.5. The van der Waals surface area contributed by atoms with Crippen LogP contribution in [0.1, 0.15) is 22.3 Å². The fraction of sp³-hybridized carbons (Fsp3) is 0.176. The average Bonchev–Trinajstić information content (AvgIpc) is 2.54. The predicted molar refractivity (Wildman–Crippen MR) is 87.3 cm³/mol. The van der Waals surface area contributed by atoms with Crippen molar-refractivity contribution < 1.29 is 14.3 Å². The van der Waals surface area contributed by atoms with Gasteiger partial charge in [-0.2, -0.15) is 0 Å². The first kappa shape index (κ1) is 16.4. The first-order valence-electron chi connectivity index (χ1n) is 6.81. The molecule has 0 saturated carbocycles. The van der Waals surface area contributed by atoms with E-state index in [2.05, 4.69) is 15.9 Å². The van der Waals surface area contributed by atoms with Crippen LogP contribution in [0.3, 0.4) is 0 Å². The lowest BCUT2D eigenvalue weighted by molar-refractivity contribution is -0.145. The highest BCUT2D eigenvalue weighted by molar-refractivity contribution is 9.10. The van der Waals surface area contributed by atoms with Gasteiger partial charge in [0.25, 0.3) is 0 Å². The number of ether oxygens (including phenoxy) is 1. The van der Waals surface area contributed by atoms with E-state index in [1.807, 2.05) is 30.3 Å². The van der Waals surface area contributed by atoms with Crippen LogP contribution in [0, 0.1) is 0 Å². The number of nitrogens with two attached hydrogens (primary N) is 1. The fourth-order valence-electron chi connectivity index (χ4n) is 1.90. The first-order chi connectivity index (χ1) is 10.6. The van der Waals surface area contributed by atoms with Crippen LogP contribution in [0.4, 0.5) is 0 Å². The number of hydrogen-bond donors (Lipinski definition) is 1. The first-order valence-corrected chi connectivity index (χ1v) is 7.60. The maximum atomic E-state index is 12.1. The largest absolute Gasteiger partial charge is 0.461 e. The molecule has 0 aliphatic heterocycles. The van der Waals surface area contributed by atoms with Crippen molar-refractivity contribution in [3.63, 3.8) is 0 Å². The number of esters is 1. The monoisotopic (exact) mass is 361 g/mol. The smallest absolute Gasteiger partial charge is 0.308 e. The van der Waals surface area contributed by atoms with Crippen molar-refractivity contribution in [2.24, 2.45) is 5.73 Å². The Labute approximate surface area is 137 Å². The summed E-state index contributed by atoms with van der Waals surface area (Å²) >= 11 is 3.30. The molecule has 2 aromatic rings. The summed E-state index contributed by atoms with van der Waals surface area (Å²) in [5.41, 5.74) is 7.17. The summed E-state index contributed by atoms with van der Waals surface area (Å²) < 4.78 is 6.00. The third-order valence-electron chi connectivity index (χ3n) is 3.09. The Morgan fingerprint density at radius 1 is 1.05 bits per heavy atom. The molecule has 2 aromatic carbocycles. The molecule has 0 spiro atoms. The molecule has 0 aliphatic carbocycles. The SMILES string of the molecule is NC(CC(=O)OCc1ccccc1)C(=O)c1ccc(Br)cc1. The Balaban J connectivity index is 1.85. The molecule has 0 bridgehead atoms. The molecule has 0 saturated heterocycles. The second-order valence-corrected chi connectivity index (χ2v) is 5.74. The maximum absolute atomic E-state index is 12.1. The second kappa shape index (κ2) is 7.87. The molecule has 0 fully saturated rings. The quantitative estimate of drug-likeness (QED) is 0.633. The minimum absolute atomic E-state index is 0.137. The van der Waals surface area contributed by atoms with Gasteiger partial charge in [0, 0.05) is 10.0 Å². The molecule has 4 nitrogen and oxygen atoms in total. The number of Topliss-reactive ketones (excluding diaryl/α,β-unsaturated/α-hetero) is 1. The molecule has 0 radical (unpaired) electrons. The third kappa shape index (κ3) is 4.79. The van der Waals surface area contributed by atoms with E-state index in [0.29, 0.717) is 5.56 Å². The number of hydrogen-bond acceptors (Lipinski definition) is 4. The second-order valence-electron chi connectivity index (χ2n) is 4.83. The summed E-state index contributed by atoms with van der Waals surface area (Å²) in [6, 6.07) is 15.3. The van der Waals surface area contributed by atoms with Crippen LogP contribution in [0.25, 0.3) is 0 Å². The molecular formula is C17H16BrNO3. The van der Waals surface area contributed by atoms with E-state index in [9.17, 15) is 9.59 Å². The van der Waals surface area contributed by atoms with Gasteiger partial charge in [0.1, 0.15) is 6.61 Å². The highest BCUT2D eigenvalue weighted by atomic mass is 79.9. The van der Waals surface area contributed by atoms with Crippen molar-refractivity contribution in [1.82, 2.24) is 0 Å². The van der Waals surface area contributed by atoms with E-state index in [-0.39, 0.29) is 18.8 Å². The Bertz CT molecular complexity index is 641. The van der Waals surface area contributed by atoms with Crippen LogP contribution >= 0.6 is 15.9 Å². The van der Waals surface area contributed by atoms with Gasteiger partial charge in [-0.3, -0.25) is 9.59 Å². The van der Waals surface area contributed by atoms with Gasteiger partial charge in [0.05, 0.1) is 12.5 Å². The maximum Gasteiger partial charge on any atom is 0.308 e. The van der Waals surface area contributed by atoms with Gasteiger partial charge < -0.3 is 10.5 Å². The minimum atomic E-state index is -0.899. The van der Waals surface area contributed by atoms with Crippen molar-refractivity contribution in [3.8, 4) is 0 Å². The van der Waals surface area contributed by atoms with E-state index in [4.69, 9.17) is 10.5 Å². The molecule has 1 atom stereocenters. The van der Waals surface area contributed by atoms with Crippen LogP contribution in [0.15, 0.2) is 59.1 Å². The van der Waals surface area contributed by atoms with Crippen LogP contribution in [0.5, 0.6) is 0 Å². The molecule has 2 rings (SSSR count). The molecule has 5 heteroatoms. The zero-order chi connectivity index (χ0) is 15.9. The molecule has 114 valence electrons. The zero-order valence-electron chi connectivity index (χ0n) is 11.9. The summed E-state index contributed by atoms with van der Waals surface area (Å²) in [6.07, 6.45) is -0.137. The average molecular weight is 362 g/mol. The van der Waals surface area contributed by atoms with Crippen LogP contribution in [-0.2, 0) is 16.1 Å². The van der Waals surface area contributed by atoms with Crippen LogP contribution in [-0.4, -0.2) is 17.8 Å². The number of carbonyl (C=O) groups excluding carboxylic acids is 2. The molecular weight excluding hydrogens is 346 g/mol. The summed E-state index contributed by atoms with van der Waals surface area (Å²) in [4.78, 5) is 23.9. The van der Waals surface area contributed by atoms with Gasteiger partial charge in [0.15, 0.2) is 5.78 Å². The van der Waals surface area contributed by atoms with Crippen molar-refractivity contribution in [2.45, 2.75) is 19.1 Å². The van der Waals surface area contributed by atoms with E-state index in [1.54, 1.807) is 24.3 Å². The summed E-state index contributed by atoms with van der Waals surface area (Å²) in [7, 11) is 0. The molecule has 0 aliphatic rings. The van der Waals surface area contributed by atoms with E-state index in [1.165, 1.54) is 0 Å². The van der Waals surface area contributed by atoms with Gasteiger partial charge in [-0.1, -0.05) is 58.4 Å². The number of ketones is 1. The summed E-state index contributed by atoms with van der Waals surface area (Å²) in [5, 5.41) is 0. The standard InChI is InChI=1S/C17H16BrNO3/c18-14-8-6-13(7-9-14)17(21)15(19)10-16(20)22-11-12-4-2-1-3-5-12/h1-9,15H,10-11,19H2. The highest BCUT2D eigenvalue weighted by Gasteiger charge is 2.20. The Morgan fingerprint density at radius 2 is 1.68 bits per heavy atom. The molecule has 0 heterocycles. The molecule has 0 aromatic heterocycles. The van der Waals surface area contributed by atoms with Gasteiger partial charge in [-0.25, -0.2) is 0 Å². The van der Waals surface area contributed by atoms with Crippen molar-refractivity contribution in [3.05, 3.63) is 70.2 Å². The molecule has 1 unspecified atom stereocenters. The number of carbonyl (C=O) groups is 2. The van der Waals surface area contributed by atoms with E-state index >= 15 is 0 Å². The predicted octanol–water partition coefficient (Wildman–Crippen LogP) is 3.09. The summed E-state index contributed by atoms with van der Waals surface area (Å²) in [6.45, 7) is 0.179. The third-order valence-corrected chi connectivity index (χ3v) is 3.62. The lowest BCUT2D eigenvalue weighted by Gasteiger charge is -2.11. The number of halogens is 1. The van der Waals surface area contributed by atoms with Gasteiger partial charge in [-0.15, -0.1) is 0 Å². The summed E-state index contributed by atoms with van der Waals surface area (Å²) in [5.74, 6) is -0.758. The van der Waals surface area contributed by atoms with E-state index in [0.717, 1.165) is 10.0 Å². The Hall–Kier alpha value is -1.98. The van der Waals surface area contributed by atoms with Crippen LogP contribution in [0.2, 0.25) is 0 Å². The number of rotatable bonds is 6. The van der Waals surface area contributed by atoms with Crippen molar-refractivity contribution in [1.29, 1.82) is 0 Å². The fourth-order valence-corrected chi connectivity index (χ4v) is 2.16. The number of benzene rings is 2. The van der Waals surface area contributed by atoms with Crippen molar-refractivity contribution >= 4 is 27.7 Å². The van der Waals surface area contributed by atoms with Gasteiger partial charge in [-0.05, 0) is 17.7 Å². The highest BCUT2D eigenvalue weighted by Crippen LogP contribution is 2.13. The van der Waals surface area contributed by atoms with Crippen molar-refractivity contribution in [2.75, 3.05) is 0 Å². The van der Waals surface area contributed by atoms with E-state index < -0.39 is 12.0 Å². The normalized spacial score (nSPS) is 11.7. The molecule has 0 amide bonds. The molecule has 2 N–H and O–H groups in total. The van der Waals surface area contributed by atoms with Gasteiger partial charge >= 0.3 is 5.97 Å². The topological polar surface area (TPSA) is 69.4 Å². The molecule has 22 heavy (non-hydrogen) atoms. The van der Waals surface area contributed by atoms with Gasteiger partial charge in [0.2, 0.25) is 0 Å².